The van der Waals surface area contributed by atoms with E-state index >= 15 is 0 Å². The minimum Gasteiger partial charge on any atom is -0.508 e. The van der Waals surface area contributed by atoms with Gasteiger partial charge in [0.05, 0.1) is 11.6 Å². The normalized spacial score (nSPS) is 27.5. The Morgan fingerprint density at radius 3 is 3.00 bits per heavy atom. The molecule has 34 heavy (non-hydrogen) atoms. The van der Waals surface area contributed by atoms with Gasteiger partial charge in [-0.2, -0.15) is 0 Å². The van der Waals surface area contributed by atoms with Gasteiger partial charge in [0.1, 0.15) is 5.76 Å². The van der Waals surface area contributed by atoms with Crippen LogP contribution in [0.15, 0.2) is 81.2 Å². The fourth-order valence-electron chi connectivity index (χ4n) is 6.80. The van der Waals surface area contributed by atoms with Crippen LogP contribution in [0.25, 0.3) is 0 Å². The van der Waals surface area contributed by atoms with E-state index in [2.05, 4.69) is 35.0 Å². The summed E-state index contributed by atoms with van der Waals surface area (Å²) in [5.74, 6) is 0.346. The van der Waals surface area contributed by atoms with Gasteiger partial charge in [0.2, 0.25) is 5.91 Å². The van der Waals surface area contributed by atoms with E-state index in [1.807, 2.05) is 18.2 Å². The summed E-state index contributed by atoms with van der Waals surface area (Å²) in [5.41, 5.74) is 17.4. The number of fused-ring (bicyclic) bond motifs is 4. The first kappa shape index (κ1) is 21.3. The third kappa shape index (κ3) is 3.07. The van der Waals surface area contributed by atoms with Gasteiger partial charge in [-0.15, -0.1) is 0 Å². The van der Waals surface area contributed by atoms with Crippen LogP contribution < -0.4 is 16.2 Å². The first-order chi connectivity index (χ1) is 16.5. The first-order valence-electron chi connectivity index (χ1n) is 12.5. The van der Waals surface area contributed by atoms with Crippen LogP contribution in [0.3, 0.4) is 0 Å². The van der Waals surface area contributed by atoms with Crippen LogP contribution in [-0.4, -0.2) is 16.0 Å². The molecule has 0 saturated heterocycles. The fourth-order valence-corrected chi connectivity index (χ4v) is 6.80. The van der Waals surface area contributed by atoms with E-state index in [0.29, 0.717) is 12.3 Å². The summed E-state index contributed by atoms with van der Waals surface area (Å²) in [6.45, 7) is 4.94. The maximum atomic E-state index is 13.2. The predicted octanol–water partition coefficient (Wildman–Crippen LogP) is 4.78. The number of pyridine rings is 1. The van der Waals surface area contributed by atoms with Crippen molar-refractivity contribution in [2.24, 2.45) is 11.3 Å². The third-order valence-electron chi connectivity index (χ3n) is 8.41. The van der Waals surface area contributed by atoms with Gasteiger partial charge in [0.15, 0.2) is 0 Å². The SMILES string of the molecule is CCC1=C2C(O)=CC3=C(NNC4=C3CC3=C4C(C(=O)NCc4cccnc4)CC3)C2(C)CCC1. The zero-order valence-electron chi connectivity index (χ0n) is 19.9. The number of aliphatic hydroxyl groups excluding tert-OH is 1. The molecule has 1 aromatic rings. The summed E-state index contributed by atoms with van der Waals surface area (Å²) in [6, 6.07) is 3.86. The van der Waals surface area contributed by atoms with Crippen molar-refractivity contribution in [2.45, 2.75) is 65.3 Å². The number of hydrazine groups is 1. The Bertz CT molecular complexity index is 1230. The lowest BCUT2D eigenvalue weighted by atomic mass is 9.64. The van der Waals surface area contributed by atoms with Crippen LogP contribution in [0, 0.1) is 11.3 Å². The number of nitrogens with zero attached hydrogens (tertiary/aromatic N) is 1. The Morgan fingerprint density at radius 1 is 1.32 bits per heavy atom. The van der Waals surface area contributed by atoms with Gasteiger partial charge in [-0.1, -0.05) is 24.1 Å². The Hall–Kier alpha value is -3.28. The van der Waals surface area contributed by atoms with Crippen LogP contribution in [0.4, 0.5) is 0 Å². The highest BCUT2D eigenvalue weighted by Crippen LogP contribution is 2.56. The van der Waals surface area contributed by atoms with Crippen molar-refractivity contribution in [3.05, 3.63) is 86.8 Å². The molecule has 0 fully saturated rings. The van der Waals surface area contributed by atoms with Crippen molar-refractivity contribution in [2.75, 3.05) is 0 Å². The van der Waals surface area contributed by atoms with Gasteiger partial charge in [-0.3, -0.25) is 9.78 Å². The summed E-state index contributed by atoms with van der Waals surface area (Å²) >= 11 is 0. The lowest BCUT2D eigenvalue weighted by Gasteiger charge is -2.45. The second-order valence-corrected chi connectivity index (χ2v) is 10.3. The quantitative estimate of drug-likeness (QED) is 0.524. The summed E-state index contributed by atoms with van der Waals surface area (Å²) in [7, 11) is 0. The Morgan fingerprint density at radius 2 is 2.21 bits per heavy atom. The summed E-state index contributed by atoms with van der Waals surface area (Å²) in [4.78, 5) is 17.3. The van der Waals surface area contributed by atoms with E-state index in [1.54, 1.807) is 12.4 Å². The van der Waals surface area contributed by atoms with Gasteiger partial charge in [-0.25, -0.2) is 0 Å². The largest absolute Gasteiger partial charge is 0.508 e. The number of amides is 1. The van der Waals surface area contributed by atoms with Crippen LogP contribution >= 0.6 is 0 Å². The molecule has 2 unspecified atom stereocenters. The molecule has 0 aromatic carbocycles. The molecule has 4 aliphatic carbocycles. The zero-order chi connectivity index (χ0) is 23.4. The molecule has 0 bridgehead atoms. The van der Waals surface area contributed by atoms with E-state index in [9.17, 15) is 9.90 Å². The predicted molar refractivity (Wildman–Crippen MR) is 131 cm³/mol. The van der Waals surface area contributed by atoms with Crippen molar-refractivity contribution < 1.29 is 9.90 Å². The van der Waals surface area contributed by atoms with Crippen LogP contribution in [0.1, 0.15) is 64.4 Å². The fraction of sp³-hybridized carbons (Fsp3) is 0.429. The molecule has 0 radical (unpaired) electrons. The van der Waals surface area contributed by atoms with E-state index in [-0.39, 0.29) is 17.2 Å². The Labute approximate surface area is 200 Å². The minimum atomic E-state index is -0.211. The molecule has 6 rings (SSSR count). The molecular formula is C28H32N4O2. The minimum absolute atomic E-state index is 0.0725. The van der Waals surface area contributed by atoms with Gasteiger partial charge in [0, 0.05) is 41.2 Å². The number of carbonyl (C=O) groups excluding carboxylic acids is 1. The zero-order valence-corrected chi connectivity index (χ0v) is 19.9. The van der Waals surface area contributed by atoms with Gasteiger partial charge in [0.25, 0.3) is 0 Å². The second-order valence-electron chi connectivity index (χ2n) is 10.3. The highest BCUT2D eigenvalue weighted by molar-refractivity contribution is 5.85. The molecule has 0 saturated carbocycles. The molecule has 1 aromatic heterocycles. The number of nitrogens with one attached hydrogen (secondary N) is 3. The standard InChI is InChI=1S/C28H32N4O2/c1-3-17-7-4-10-28(2)24(17)22(33)13-21-20-12-18-8-9-19(23(18)25(20)31-32-26(21)28)27(34)30-15-16-6-5-11-29-14-16/h5-6,11,13-14,19,31-33H,3-4,7-10,12,15H2,1-2H3,(H,30,34). The monoisotopic (exact) mass is 456 g/mol. The molecule has 2 atom stereocenters. The van der Waals surface area contributed by atoms with E-state index in [0.717, 1.165) is 72.9 Å². The Balaban J connectivity index is 1.31. The van der Waals surface area contributed by atoms with Crippen LogP contribution in [0.2, 0.25) is 0 Å². The molecule has 0 spiro atoms. The highest BCUT2D eigenvalue weighted by atomic mass is 16.3. The van der Waals surface area contributed by atoms with Crippen LogP contribution in [0.5, 0.6) is 0 Å². The molecule has 1 amide bonds. The number of aromatic nitrogens is 1. The average molecular weight is 457 g/mol. The first-order valence-corrected chi connectivity index (χ1v) is 12.5. The molecule has 176 valence electrons. The van der Waals surface area contributed by atoms with Crippen molar-refractivity contribution in [3.63, 3.8) is 0 Å². The van der Waals surface area contributed by atoms with E-state index in [1.165, 1.54) is 22.4 Å². The van der Waals surface area contributed by atoms with E-state index in [4.69, 9.17) is 0 Å². The molecule has 4 N–H and O–H groups in total. The lowest BCUT2D eigenvalue weighted by molar-refractivity contribution is -0.124. The molecule has 6 heteroatoms. The van der Waals surface area contributed by atoms with Crippen molar-refractivity contribution >= 4 is 5.91 Å². The molecule has 1 aliphatic heterocycles. The van der Waals surface area contributed by atoms with Gasteiger partial charge >= 0.3 is 0 Å². The summed E-state index contributed by atoms with van der Waals surface area (Å²) in [6.07, 6.45) is 12.3. The Kier molecular flexibility index (Phi) is 4.94. The topological polar surface area (TPSA) is 86.3 Å². The average Bonchev–Trinajstić information content (AvgIpc) is 3.42. The summed E-state index contributed by atoms with van der Waals surface area (Å²) in [5, 5.41) is 14.3. The lowest BCUT2D eigenvalue weighted by Crippen LogP contribution is -2.46. The highest BCUT2D eigenvalue weighted by Gasteiger charge is 2.47. The molecule has 5 aliphatic rings. The van der Waals surface area contributed by atoms with Gasteiger partial charge < -0.3 is 21.3 Å². The van der Waals surface area contributed by atoms with Crippen LogP contribution in [-0.2, 0) is 11.3 Å². The van der Waals surface area contributed by atoms with Gasteiger partial charge in [-0.05, 0) is 80.7 Å². The maximum absolute atomic E-state index is 13.2. The summed E-state index contributed by atoms with van der Waals surface area (Å²) < 4.78 is 0. The van der Waals surface area contributed by atoms with Crippen molar-refractivity contribution in [1.82, 2.24) is 21.2 Å². The number of carbonyl (C=O) groups is 1. The number of rotatable bonds is 4. The molecule has 2 heterocycles. The maximum Gasteiger partial charge on any atom is 0.227 e. The third-order valence-corrected chi connectivity index (χ3v) is 8.41. The smallest absolute Gasteiger partial charge is 0.227 e. The number of hydrogen-bond donors (Lipinski definition) is 4. The number of hydrogen-bond acceptors (Lipinski definition) is 5. The molecular weight excluding hydrogens is 424 g/mol. The van der Waals surface area contributed by atoms with Crippen molar-refractivity contribution in [1.29, 1.82) is 0 Å². The number of aliphatic hydroxyl groups is 1. The molecule has 6 nitrogen and oxygen atoms in total. The second kappa shape index (κ2) is 7.90. The number of allylic oxidation sites excluding steroid dienone is 8. The van der Waals surface area contributed by atoms with Crippen molar-refractivity contribution in [3.8, 4) is 0 Å². The van der Waals surface area contributed by atoms with E-state index < -0.39 is 0 Å².